The Morgan fingerprint density at radius 3 is 2.77 bits per heavy atom. The fourth-order valence-electron chi connectivity index (χ4n) is 4.30. The topological polar surface area (TPSA) is 132 Å². The van der Waals surface area contributed by atoms with Crippen molar-refractivity contribution in [3.05, 3.63) is 48.0 Å². The summed E-state index contributed by atoms with van der Waals surface area (Å²) in [6, 6.07) is 7.34. The van der Waals surface area contributed by atoms with Gasteiger partial charge in [-0.1, -0.05) is 0 Å². The third kappa shape index (κ3) is 5.82. The third-order valence-electron chi connectivity index (χ3n) is 5.98. The van der Waals surface area contributed by atoms with Crippen molar-refractivity contribution in [2.75, 3.05) is 19.8 Å². The van der Waals surface area contributed by atoms with Crippen molar-refractivity contribution < 1.29 is 18.8 Å². The van der Waals surface area contributed by atoms with Crippen molar-refractivity contribution in [2.45, 2.75) is 51.0 Å². The van der Waals surface area contributed by atoms with E-state index in [4.69, 9.17) is 14.0 Å². The van der Waals surface area contributed by atoms with Crippen LogP contribution >= 0.6 is 0 Å². The van der Waals surface area contributed by atoms with Crippen molar-refractivity contribution in [1.29, 1.82) is 5.26 Å². The van der Waals surface area contributed by atoms with Crippen LogP contribution in [0.1, 0.15) is 51.9 Å². The zero-order chi connectivity index (χ0) is 27.7. The van der Waals surface area contributed by atoms with Gasteiger partial charge in [0.1, 0.15) is 0 Å². The van der Waals surface area contributed by atoms with Gasteiger partial charge in [0.25, 0.3) is 0 Å². The van der Waals surface area contributed by atoms with Gasteiger partial charge in [-0.25, -0.2) is 0 Å². The molecule has 1 amide bonds. The van der Waals surface area contributed by atoms with Gasteiger partial charge in [-0.2, -0.15) is 0 Å². The zero-order valence-corrected chi connectivity index (χ0v) is 24.6. The summed E-state index contributed by atoms with van der Waals surface area (Å²) in [5.74, 6) is 1.22. The van der Waals surface area contributed by atoms with Gasteiger partial charge in [0, 0.05) is 0 Å². The van der Waals surface area contributed by atoms with Gasteiger partial charge in [0.15, 0.2) is 0 Å². The Kier molecular flexibility index (Phi) is 7.43. The molecule has 0 aliphatic carbocycles. The maximum absolute atomic E-state index is 12.9. The van der Waals surface area contributed by atoms with Crippen LogP contribution in [-0.2, 0) is 9.47 Å². The van der Waals surface area contributed by atoms with Crippen molar-refractivity contribution >= 4 is 37.2 Å². The number of hydrogen-bond acceptors (Lipinski definition) is 9. The monoisotopic (exact) mass is 591 g/mol. The van der Waals surface area contributed by atoms with Crippen molar-refractivity contribution in [3.63, 3.8) is 0 Å². The number of aromatic nitrogens is 5. The number of fused-ring (bicyclic) bond motifs is 1. The predicted molar refractivity (Wildman–Crippen MR) is 145 cm³/mol. The molecule has 0 spiro atoms. The normalized spacial score (nSPS) is 16.3. The second-order valence-corrected chi connectivity index (χ2v) is 14.7. The standard InChI is InChI=1S/C27H30AsN7O4/c1-16(2)28-20-9-24(35-25-18(13-32-35)8-17(11-29)12-31-25)30-14-19(20)23-10-21(33-39-23)22-15-37-7-6-34(22)26(36)38-27(3,4)5/h8-10,12-14,16,22,28H,6-7,15H2,1-5H3. The van der Waals surface area contributed by atoms with E-state index in [9.17, 15) is 10.1 Å². The number of nitrogens with zero attached hydrogens (tertiary/aromatic N) is 7. The Balaban J connectivity index is 1.48. The molecule has 5 rings (SSSR count). The van der Waals surface area contributed by atoms with Crippen LogP contribution in [0.25, 0.3) is 28.2 Å². The number of morpholine rings is 1. The van der Waals surface area contributed by atoms with Gasteiger partial charge in [0.05, 0.1) is 0 Å². The molecular formula is C27H30AsN7O4. The third-order valence-corrected chi connectivity index (χ3v) is 8.71. The molecule has 0 N–H and O–H groups in total. The summed E-state index contributed by atoms with van der Waals surface area (Å²) in [4.78, 5) is 23.6. The minimum atomic E-state index is -0.605. The average Bonchev–Trinajstić information content (AvgIpc) is 3.54. The van der Waals surface area contributed by atoms with Gasteiger partial charge in [-0.3, -0.25) is 0 Å². The number of nitriles is 1. The predicted octanol–water partition coefficient (Wildman–Crippen LogP) is 3.54. The first-order chi connectivity index (χ1) is 18.6. The average molecular weight is 592 g/mol. The molecule has 0 radical (unpaired) electrons. The SMILES string of the molecule is CC(C)[AsH]c1cc(-n2ncc3cc(C#N)cnc32)ncc1-c1cc(C2COCCN2C(=O)OC(C)(C)C)no1. The molecule has 1 saturated heterocycles. The van der Waals surface area contributed by atoms with Crippen LogP contribution in [-0.4, -0.2) is 77.0 Å². The summed E-state index contributed by atoms with van der Waals surface area (Å²) < 4.78 is 20.4. The first-order valence-electron chi connectivity index (χ1n) is 12.7. The fourth-order valence-corrected chi connectivity index (χ4v) is 6.77. The molecule has 2 atom stereocenters. The van der Waals surface area contributed by atoms with Crippen LogP contribution < -0.4 is 4.35 Å². The number of amides is 1. The number of ether oxygens (including phenoxy) is 2. The molecule has 1 aliphatic rings. The van der Waals surface area contributed by atoms with Crippen molar-refractivity contribution in [3.8, 4) is 23.2 Å². The second kappa shape index (κ2) is 10.8. The van der Waals surface area contributed by atoms with E-state index in [-0.39, 0.29) is 0 Å². The number of hydrogen-bond donors (Lipinski definition) is 0. The number of rotatable bonds is 5. The van der Waals surface area contributed by atoms with E-state index in [0.29, 0.717) is 52.9 Å². The summed E-state index contributed by atoms with van der Waals surface area (Å²) in [6.45, 7) is 11.1. The van der Waals surface area contributed by atoms with Crippen LogP contribution in [0.15, 0.2) is 41.3 Å². The van der Waals surface area contributed by atoms with Crippen LogP contribution in [0.2, 0.25) is 4.71 Å². The Labute approximate surface area is 232 Å². The Morgan fingerprint density at radius 1 is 1.21 bits per heavy atom. The maximum atomic E-state index is 12.9. The van der Waals surface area contributed by atoms with Gasteiger partial charge < -0.3 is 0 Å². The van der Waals surface area contributed by atoms with Crippen molar-refractivity contribution in [2.24, 2.45) is 0 Å². The van der Waals surface area contributed by atoms with Gasteiger partial charge in [0.2, 0.25) is 0 Å². The van der Waals surface area contributed by atoms with E-state index in [1.807, 2.05) is 32.9 Å². The van der Waals surface area contributed by atoms with Crippen molar-refractivity contribution in [1.82, 2.24) is 29.8 Å². The van der Waals surface area contributed by atoms with E-state index in [0.717, 1.165) is 15.3 Å². The van der Waals surface area contributed by atoms with E-state index >= 15 is 0 Å². The second-order valence-electron chi connectivity index (χ2n) is 10.6. The van der Waals surface area contributed by atoms with Gasteiger partial charge in [-0.15, -0.1) is 0 Å². The molecule has 39 heavy (non-hydrogen) atoms. The molecule has 0 saturated carbocycles. The summed E-state index contributed by atoms with van der Waals surface area (Å²) in [5, 5.41) is 18.7. The first kappa shape index (κ1) is 26.8. The number of carbonyl (C=O) groups excluding carboxylic acids is 1. The summed E-state index contributed by atoms with van der Waals surface area (Å²) >= 11 is -0.570. The molecule has 12 heteroatoms. The van der Waals surface area contributed by atoms with Crippen LogP contribution in [0.3, 0.4) is 0 Å². The Bertz CT molecular complexity index is 1550. The van der Waals surface area contributed by atoms with E-state index < -0.39 is 33.5 Å². The van der Waals surface area contributed by atoms with E-state index in [1.165, 1.54) is 6.20 Å². The summed E-state index contributed by atoms with van der Waals surface area (Å²) in [7, 11) is 0. The quantitative estimate of drug-likeness (QED) is 0.320. The molecule has 0 bridgehead atoms. The van der Waals surface area contributed by atoms with Crippen LogP contribution in [0.5, 0.6) is 0 Å². The molecule has 2 unspecified atom stereocenters. The molecule has 4 aromatic heterocycles. The minimum absolute atomic E-state index is 0.308. The van der Waals surface area contributed by atoms with E-state index in [2.05, 4.69) is 40.1 Å². The molecule has 11 nitrogen and oxygen atoms in total. The fraction of sp³-hybridized carbons (Fsp3) is 0.407. The Hall–Kier alpha value is -3.74. The molecule has 1 aliphatic heterocycles. The molecular weight excluding hydrogens is 561 g/mol. The molecule has 4 aromatic rings. The van der Waals surface area contributed by atoms with E-state index in [1.54, 1.807) is 28.0 Å². The van der Waals surface area contributed by atoms with Crippen LogP contribution in [0.4, 0.5) is 4.79 Å². The number of pyridine rings is 2. The molecule has 1 fully saturated rings. The summed E-state index contributed by atoms with van der Waals surface area (Å²) in [6.07, 6.45) is 4.59. The number of carbonyl (C=O) groups is 1. The molecule has 5 heterocycles. The first-order valence-corrected chi connectivity index (χ1v) is 14.9. The summed E-state index contributed by atoms with van der Waals surface area (Å²) in [5.41, 5.74) is 1.97. The molecule has 202 valence electrons. The van der Waals surface area contributed by atoms with Crippen LogP contribution in [0, 0.1) is 11.3 Å². The molecule has 0 aromatic carbocycles. The van der Waals surface area contributed by atoms with Gasteiger partial charge in [-0.05, 0) is 0 Å². The Morgan fingerprint density at radius 2 is 2.03 bits per heavy atom. The van der Waals surface area contributed by atoms with Gasteiger partial charge >= 0.3 is 233 Å². The zero-order valence-electron chi connectivity index (χ0n) is 22.5.